The molecule has 0 atom stereocenters. The minimum absolute atomic E-state index is 0.0787. The van der Waals surface area contributed by atoms with Crippen LogP contribution in [0.3, 0.4) is 0 Å². The molecule has 0 bridgehead atoms. The molecular formula is C5H9NO4. The lowest BCUT2D eigenvalue weighted by atomic mass is 10.4. The summed E-state index contributed by atoms with van der Waals surface area (Å²) in [6.45, 7) is 0.0787. The second kappa shape index (κ2) is 4.75. The lowest BCUT2D eigenvalue weighted by Gasteiger charge is -2.10. The van der Waals surface area contributed by atoms with Gasteiger partial charge in [-0.1, -0.05) is 0 Å². The Kier molecular flexibility index (Phi) is 4.23. The van der Waals surface area contributed by atoms with Crippen LogP contribution in [-0.2, 0) is 14.4 Å². The number of rotatable bonds is 5. The fourth-order valence-corrected chi connectivity index (χ4v) is 0.393. The van der Waals surface area contributed by atoms with E-state index in [1.807, 2.05) is 0 Å². The summed E-state index contributed by atoms with van der Waals surface area (Å²) in [7, 11) is 1.30. The van der Waals surface area contributed by atoms with E-state index in [9.17, 15) is 9.59 Å². The Morgan fingerprint density at radius 3 is 2.70 bits per heavy atom. The highest BCUT2D eigenvalue weighted by Crippen LogP contribution is 1.86. The van der Waals surface area contributed by atoms with Crippen molar-refractivity contribution in [2.45, 2.75) is 6.42 Å². The first kappa shape index (κ1) is 8.90. The smallest absolute Gasteiger partial charge is 0.305 e. The van der Waals surface area contributed by atoms with Gasteiger partial charge in [0.1, 0.15) is 0 Å². The van der Waals surface area contributed by atoms with Crippen LogP contribution in [0.1, 0.15) is 6.42 Å². The van der Waals surface area contributed by atoms with Crippen molar-refractivity contribution >= 4 is 12.4 Å². The first-order valence-corrected chi connectivity index (χ1v) is 2.68. The molecule has 0 radical (unpaired) electrons. The maximum atomic E-state index is 9.96. The van der Waals surface area contributed by atoms with Gasteiger partial charge in [0.2, 0.25) is 6.41 Å². The average Bonchev–Trinajstić information content (AvgIpc) is 1.90. The SMILES string of the molecule is CON(C=O)CCC(=O)O. The van der Waals surface area contributed by atoms with Crippen molar-refractivity contribution in [2.24, 2.45) is 0 Å². The lowest BCUT2D eigenvalue weighted by molar-refractivity contribution is -0.163. The first-order chi connectivity index (χ1) is 4.70. The molecule has 5 heteroatoms. The van der Waals surface area contributed by atoms with Crippen LogP contribution in [0.5, 0.6) is 0 Å². The van der Waals surface area contributed by atoms with Crippen molar-refractivity contribution in [3.05, 3.63) is 0 Å². The van der Waals surface area contributed by atoms with Crippen molar-refractivity contribution in [1.29, 1.82) is 0 Å². The van der Waals surface area contributed by atoms with Crippen LogP contribution in [0.4, 0.5) is 0 Å². The third-order valence-corrected chi connectivity index (χ3v) is 0.898. The number of hydroxylamine groups is 2. The summed E-state index contributed by atoms with van der Waals surface area (Å²) >= 11 is 0. The number of amides is 1. The number of carbonyl (C=O) groups excluding carboxylic acids is 1. The van der Waals surface area contributed by atoms with E-state index in [2.05, 4.69) is 4.84 Å². The molecule has 0 aliphatic rings. The molecule has 58 valence electrons. The molecule has 0 rings (SSSR count). The molecule has 10 heavy (non-hydrogen) atoms. The molecule has 1 N–H and O–H groups in total. The van der Waals surface area contributed by atoms with Gasteiger partial charge in [-0.15, -0.1) is 0 Å². The van der Waals surface area contributed by atoms with Gasteiger partial charge >= 0.3 is 5.97 Å². The topological polar surface area (TPSA) is 66.8 Å². The van der Waals surface area contributed by atoms with Crippen LogP contribution in [0.15, 0.2) is 0 Å². The van der Waals surface area contributed by atoms with E-state index in [-0.39, 0.29) is 13.0 Å². The van der Waals surface area contributed by atoms with Gasteiger partial charge < -0.3 is 5.11 Å². The Hall–Kier alpha value is -1.10. The van der Waals surface area contributed by atoms with Gasteiger partial charge in [-0.2, -0.15) is 0 Å². The van der Waals surface area contributed by atoms with E-state index >= 15 is 0 Å². The number of nitrogens with zero attached hydrogens (tertiary/aromatic N) is 1. The molecule has 5 nitrogen and oxygen atoms in total. The highest BCUT2D eigenvalue weighted by molar-refractivity contribution is 5.67. The van der Waals surface area contributed by atoms with Crippen molar-refractivity contribution in [1.82, 2.24) is 5.06 Å². The molecule has 0 saturated carbocycles. The third kappa shape index (κ3) is 3.85. The zero-order chi connectivity index (χ0) is 7.98. The van der Waals surface area contributed by atoms with Gasteiger partial charge in [0.25, 0.3) is 0 Å². The van der Waals surface area contributed by atoms with Crippen LogP contribution in [0.25, 0.3) is 0 Å². The number of hydrogen-bond donors (Lipinski definition) is 1. The molecule has 0 spiro atoms. The summed E-state index contributed by atoms with van der Waals surface area (Å²) in [5.41, 5.74) is 0. The van der Waals surface area contributed by atoms with Crippen LogP contribution < -0.4 is 0 Å². The fraction of sp³-hybridized carbons (Fsp3) is 0.600. The van der Waals surface area contributed by atoms with Crippen molar-refractivity contribution in [3.8, 4) is 0 Å². The second-order valence-corrected chi connectivity index (χ2v) is 1.57. The van der Waals surface area contributed by atoms with Crippen LogP contribution in [0, 0.1) is 0 Å². The summed E-state index contributed by atoms with van der Waals surface area (Å²) in [6, 6.07) is 0. The normalized spacial score (nSPS) is 8.90. The zero-order valence-electron chi connectivity index (χ0n) is 5.61. The zero-order valence-corrected chi connectivity index (χ0v) is 5.61. The van der Waals surface area contributed by atoms with Crippen molar-refractivity contribution < 1.29 is 19.5 Å². The summed E-state index contributed by atoms with van der Waals surface area (Å²) in [6.07, 6.45) is 0.329. The van der Waals surface area contributed by atoms with Gasteiger partial charge in [-0.05, 0) is 0 Å². The summed E-state index contributed by atoms with van der Waals surface area (Å²) in [5.74, 6) is -0.955. The van der Waals surface area contributed by atoms with E-state index in [0.29, 0.717) is 6.41 Å². The van der Waals surface area contributed by atoms with Crippen LogP contribution in [-0.4, -0.2) is 36.2 Å². The minimum atomic E-state index is -0.955. The summed E-state index contributed by atoms with van der Waals surface area (Å²) in [4.78, 5) is 24.3. The highest BCUT2D eigenvalue weighted by Gasteiger charge is 2.02. The predicted octanol–water partition coefficient (Wildman–Crippen LogP) is -0.519. The third-order valence-electron chi connectivity index (χ3n) is 0.898. The Bertz CT molecular complexity index is 125. The molecule has 0 aliphatic heterocycles. The van der Waals surface area contributed by atoms with Crippen molar-refractivity contribution in [3.63, 3.8) is 0 Å². The molecule has 0 aromatic carbocycles. The predicted molar refractivity (Wildman–Crippen MR) is 32.0 cm³/mol. The van der Waals surface area contributed by atoms with Gasteiger partial charge in [-0.25, -0.2) is 5.06 Å². The largest absolute Gasteiger partial charge is 0.481 e. The number of carboxylic acid groups (broad SMARTS) is 1. The molecule has 1 amide bonds. The lowest BCUT2D eigenvalue weighted by Crippen LogP contribution is -2.23. The molecular weight excluding hydrogens is 138 g/mol. The molecule has 0 fully saturated rings. The quantitative estimate of drug-likeness (QED) is 0.419. The standard InChI is InChI=1S/C5H9NO4/c1-10-6(4-7)3-2-5(8)9/h4H,2-3H2,1H3,(H,8,9). The Morgan fingerprint density at radius 2 is 2.40 bits per heavy atom. The number of carboxylic acids is 1. The van der Waals surface area contributed by atoms with Crippen molar-refractivity contribution in [2.75, 3.05) is 13.7 Å². The Labute approximate surface area is 58.1 Å². The number of aliphatic carboxylic acids is 1. The van der Waals surface area contributed by atoms with E-state index in [1.54, 1.807) is 0 Å². The highest BCUT2D eigenvalue weighted by atomic mass is 16.7. The molecule has 0 heterocycles. The second-order valence-electron chi connectivity index (χ2n) is 1.57. The Morgan fingerprint density at radius 1 is 1.80 bits per heavy atom. The number of hydrogen-bond acceptors (Lipinski definition) is 3. The molecule has 0 aromatic heterocycles. The monoisotopic (exact) mass is 147 g/mol. The van der Waals surface area contributed by atoms with Gasteiger partial charge in [0.15, 0.2) is 0 Å². The first-order valence-electron chi connectivity index (χ1n) is 2.68. The fourth-order valence-electron chi connectivity index (χ4n) is 0.393. The molecule has 0 aromatic rings. The van der Waals surface area contributed by atoms with Gasteiger partial charge in [0, 0.05) is 0 Å². The molecule has 0 unspecified atom stereocenters. The molecule has 0 saturated heterocycles. The average molecular weight is 147 g/mol. The van der Waals surface area contributed by atoms with E-state index in [4.69, 9.17) is 5.11 Å². The van der Waals surface area contributed by atoms with Crippen LogP contribution in [0.2, 0.25) is 0 Å². The summed E-state index contributed by atoms with van der Waals surface area (Å²) < 4.78 is 0. The maximum Gasteiger partial charge on any atom is 0.305 e. The van der Waals surface area contributed by atoms with Gasteiger partial charge in [-0.3, -0.25) is 14.4 Å². The molecule has 0 aliphatic carbocycles. The van der Waals surface area contributed by atoms with Gasteiger partial charge in [0.05, 0.1) is 20.1 Å². The summed E-state index contributed by atoms with van der Waals surface area (Å²) in [5, 5.41) is 9.07. The van der Waals surface area contributed by atoms with E-state index in [0.717, 1.165) is 5.06 Å². The van der Waals surface area contributed by atoms with E-state index in [1.165, 1.54) is 7.11 Å². The minimum Gasteiger partial charge on any atom is -0.481 e. The maximum absolute atomic E-state index is 9.96. The van der Waals surface area contributed by atoms with Crippen LogP contribution >= 0.6 is 0 Å². The van der Waals surface area contributed by atoms with E-state index < -0.39 is 5.97 Å². The Balaban J connectivity index is 3.44. The number of carbonyl (C=O) groups is 2.